The summed E-state index contributed by atoms with van der Waals surface area (Å²) in [6.07, 6.45) is 8.11. The lowest BCUT2D eigenvalue weighted by molar-refractivity contribution is -0.122. The number of carbonyl (C=O) groups excluding carboxylic acids is 1. The highest BCUT2D eigenvalue weighted by Crippen LogP contribution is 2.34. The van der Waals surface area contributed by atoms with Crippen molar-refractivity contribution in [3.05, 3.63) is 0 Å². The molecule has 19 heavy (non-hydrogen) atoms. The Hall–Kier alpha value is -0.570. The highest BCUT2D eigenvalue weighted by Gasteiger charge is 2.27. The maximum atomic E-state index is 12.0. The number of hydrogen-bond donors (Lipinski definition) is 2. The number of carbonyl (C=O) groups is 1. The maximum absolute atomic E-state index is 12.0. The Kier molecular flexibility index (Phi) is 6.84. The van der Waals surface area contributed by atoms with E-state index in [1.165, 1.54) is 32.1 Å². The smallest absolute Gasteiger partial charge is 0.220 e. The van der Waals surface area contributed by atoms with Crippen LogP contribution in [-0.2, 0) is 4.79 Å². The van der Waals surface area contributed by atoms with Crippen molar-refractivity contribution in [1.82, 2.24) is 5.32 Å². The quantitative estimate of drug-likeness (QED) is 0.745. The minimum Gasteiger partial charge on any atom is -0.356 e. The van der Waals surface area contributed by atoms with E-state index in [-0.39, 0.29) is 5.91 Å². The van der Waals surface area contributed by atoms with Gasteiger partial charge in [-0.3, -0.25) is 4.79 Å². The molecule has 0 aromatic heterocycles. The zero-order valence-corrected chi connectivity index (χ0v) is 13.0. The zero-order chi connectivity index (χ0) is 14.3. The van der Waals surface area contributed by atoms with E-state index >= 15 is 0 Å². The molecule has 0 bridgehead atoms. The van der Waals surface area contributed by atoms with Crippen molar-refractivity contribution in [3.8, 4) is 0 Å². The minimum atomic E-state index is 0.183. The second-order valence-electron chi connectivity index (χ2n) is 7.08. The third-order valence-electron chi connectivity index (χ3n) is 4.39. The van der Waals surface area contributed by atoms with E-state index in [9.17, 15) is 4.79 Å². The molecule has 1 amide bonds. The van der Waals surface area contributed by atoms with Crippen LogP contribution in [0.1, 0.15) is 65.7 Å². The molecule has 1 saturated carbocycles. The maximum Gasteiger partial charge on any atom is 0.220 e. The van der Waals surface area contributed by atoms with E-state index in [0.717, 1.165) is 13.0 Å². The van der Waals surface area contributed by atoms with Gasteiger partial charge >= 0.3 is 0 Å². The summed E-state index contributed by atoms with van der Waals surface area (Å²) in [6, 6.07) is 0. The Balaban J connectivity index is 2.29. The van der Waals surface area contributed by atoms with Crippen LogP contribution in [-0.4, -0.2) is 19.0 Å². The van der Waals surface area contributed by atoms with Crippen molar-refractivity contribution in [1.29, 1.82) is 0 Å². The highest BCUT2D eigenvalue weighted by molar-refractivity contribution is 5.76. The lowest BCUT2D eigenvalue weighted by Gasteiger charge is -2.33. The van der Waals surface area contributed by atoms with Gasteiger partial charge in [0, 0.05) is 13.0 Å². The lowest BCUT2D eigenvalue weighted by Crippen LogP contribution is -2.38. The fourth-order valence-corrected chi connectivity index (χ4v) is 3.16. The Morgan fingerprint density at radius 1 is 1.26 bits per heavy atom. The first-order valence-electron chi connectivity index (χ1n) is 7.92. The third kappa shape index (κ3) is 6.42. The fourth-order valence-electron chi connectivity index (χ4n) is 3.16. The average Bonchev–Trinajstić information content (AvgIpc) is 2.36. The lowest BCUT2D eigenvalue weighted by atomic mass is 9.75. The molecule has 1 unspecified atom stereocenters. The molecule has 112 valence electrons. The molecule has 3 nitrogen and oxygen atoms in total. The van der Waals surface area contributed by atoms with E-state index in [1.807, 2.05) is 0 Å². The second kappa shape index (κ2) is 7.88. The Morgan fingerprint density at radius 3 is 2.42 bits per heavy atom. The largest absolute Gasteiger partial charge is 0.356 e. The fraction of sp³-hybridized carbons (Fsp3) is 0.938. The first kappa shape index (κ1) is 16.5. The number of hydrogen-bond acceptors (Lipinski definition) is 2. The Bertz CT molecular complexity index is 270. The van der Waals surface area contributed by atoms with Gasteiger partial charge in [-0.15, -0.1) is 0 Å². The van der Waals surface area contributed by atoms with Crippen molar-refractivity contribution >= 4 is 5.91 Å². The van der Waals surface area contributed by atoms with E-state index < -0.39 is 0 Å². The first-order chi connectivity index (χ1) is 8.95. The molecule has 1 aliphatic carbocycles. The number of amides is 1. The van der Waals surface area contributed by atoms with E-state index in [1.54, 1.807) is 0 Å². The van der Waals surface area contributed by atoms with Crippen molar-refractivity contribution in [2.45, 2.75) is 65.7 Å². The number of rotatable bonds is 7. The Labute approximate surface area is 118 Å². The molecule has 3 N–H and O–H groups in total. The molecule has 0 spiro atoms. The SMILES string of the molecule is CC(C)CC(CN)CC(=O)NCC1(C)CCCCC1. The van der Waals surface area contributed by atoms with Crippen LogP contribution < -0.4 is 11.1 Å². The molecular weight excluding hydrogens is 236 g/mol. The van der Waals surface area contributed by atoms with Gasteiger partial charge in [0.15, 0.2) is 0 Å². The van der Waals surface area contributed by atoms with Crippen molar-refractivity contribution in [2.75, 3.05) is 13.1 Å². The van der Waals surface area contributed by atoms with E-state index in [2.05, 4.69) is 26.1 Å². The molecule has 1 rings (SSSR count). The summed E-state index contributed by atoms with van der Waals surface area (Å²) < 4.78 is 0. The van der Waals surface area contributed by atoms with Crippen molar-refractivity contribution in [2.24, 2.45) is 23.0 Å². The van der Waals surface area contributed by atoms with Gasteiger partial charge in [0.05, 0.1) is 0 Å². The molecule has 1 fully saturated rings. The van der Waals surface area contributed by atoms with Crippen LogP contribution >= 0.6 is 0 Å². The molecular formula is C16H32N2O. The van der Waals surface area contributed by atoms with Crippen LogP contribution in [0.4, 0.5) is 0 Å². The summed E-state index contributed by atoms with van der Waals surface area (Å²) in [5.41, 5.74) is 6.08. The average molecular weight is 268 g/mol. The van der Waals surface area contributed by atoms with Crippen molar-refractivity contribution < 1.29 is 4.79 Å². The summed E-state index contributed by atoms with van der Waals surface area (Å²) in [6.45, 7) is 8.13. The van der Waals surface area contributed by atoms with E-state index in [0.29, 0.717) is 30.2 Å². The summed E-state index contributed by atoms with van der Waals surface area (Å²) >= 11 is 0. The first-order valence-corrected chi connectivity index (χ1v) is 7.92. The summed E-state index contributed by atoms with van der Waals surface area (Å²) in [4.78, 5) is 12.0. The van der Waals surface area contributed by atoms with Crippen LogP contribution in [0.15, 0.2) is 0 Å². The highest BCUT2D eigenvalue weighted by atomic mass is 16.1. The molecule has 1 atom stereocenters. The van der Waals surface area contributed by atoms with Gasteiger partial charge in [-0.1, -0.05) is 40.0 Å². The monoisotopic (exact) mass is 268 g/mol. The molecule has 0 heterocycles. The molecule has 1 aliphatic rings. The minimum absolute atomic E-state index is 0.183. The van der Waals surface area contributed by atoms with E-state index in [4.69, 9.17) is 5.73 Å². The van der Waals surface area contributed by atoms with Crippen LogP contribution in [0.3, 0.4) is 0 Å². The van der Waals surface area contributed by atoms with Gasteiger partial charge in [-0.2, -0.15) is 0 Å². The number of nitrogens with two attached hydrogens (primary N) is 1. The van der Waals surface area contributed by atoms with Gasteiger partial charge < -0.3 is 11.1 Å². The Morgan fingerprint density at radius 2 is 1.89 bits per heavy atom. The summed E-state index contributed by atoms with van der Waals surface area (Å²) in [5.74, 6) is 1.12. The van der Waals surface area contributed by atoms with Crippen LogP contribution in [0.2, 0.25) is 0 Å². The van der Waals surface area contributed by atoms with Gasteiger partial charge in [0.1, 0.15) is 0 Å². The van der Waals surface area contributed by atoms with Crippen LogP contribution in [0.25, 0.3) is 0 Å². The van der Waals surface area contributed by atoms with Crippen molar-refractivity contribution in [3.63, 3.8) is 0 Å². The number of nitrogens with one attached hydrogen (secondary N) is 1. The van der Waals surface area contributed by atoms with Gasteiger partial charge in [-0.05, 0) is 43.1 Å². The second-order valence-corrected chi connectivity index (χ2v) is 7.08. The third-order valence-corrected chi connectivity index (χ3v) is 4.39. The predicted octanol–water partition coefficient (Wildman–Crippen LogP) is 3.08. The normalized spacial score (nSPS) is 20.3. The van der Waals surface area contributed by atoms with Crippen LogP contribution in [0, 0.1) is 17.3 Å². The standard InChI is InChI=1S/C16H32N2O/c1-13(2)9-14(11-17)10-15(19)18-12-16(3)7-5-4-6-8-16/h13-14H,4-12,17H2,1-3H3,(H,18,19). The van der Waals surface area contributed by atoms with Crippen LogP contribution in [0.5, 0.6) is 0 Å². The zero-order valence-electron chi connectivity index (χ0n) is 13.0. The molecule has 0 aromatic rings. The van der Waals surface area contributed by atoms with Gasteiger partial charge in [0.2, 0.25) is 5.91 Å². The topological polar surface area (TPSA) is 55.1 Å². The summed E-state index contributed by atoms with van der Waals surface area (Å²) in [7, 11) is 0. The molecule has 0 saturated heterocycles. The molecule has 0 radical (unpaired) electrons. The van der Waals surface area contributed by atoms with Gasteiger partial charge in [-0.25, -0.2) is 0 Å². The summed E-state index contributed by atoms with van der Waals surface area (Å²) in [5, 5.41) is 3.14. The molecule has 3 heteroatoms. The van der Waals surface area contributed by atoms with Gasteiger partial charge in [0.25, 0.3) is 0 Å². The molecule has 0 aromatic carbocycles. The predicted molar refractivity (Wildman–Crippen MR) is 80.8 cm³/mol. The molecule has 0 aliphatic heterocycles.